The standard InChI is InChI=1S/C13H11Cl2N3O/c1-7-2-4-8(5-3-7)13(19)18-12-10(16)6-9(14)11(15)17-12/h2-6H,16H2,1H3,(H,17,18,19). The second-order valence-electron chi connectivity index (χ2n) is 4.02. The van der Waals surface area contributed by atoms with Crippen molar-refractivity contribution < 1.29 is 4.79 Å². The lowest BCUT2D eigenvalue weighted by atomic mass is 10.1. The van der Waals surface area contributed by atoms with E-state index in [1.807, 2.05) is 19.1 Å². The van der Waals surface area contributed by atoms with E-state index in [2.05, 4.69) is 10.3 Å². The average molecular weight is 296 g/mol. The van der Waals surface area contributed by atoms with Crippen LogP contribution in [0, 0.1) is 6.92 Å². The van der Waals surface area contributed by atoms with Crippen LogP contribution in [0.4, 0.5) is 11.5 Å². The molecule has 1 heterocycles. The van der Waals surface area contributed by atoms with Crippen molar-refractivity contribution in [3.63, 3.8) is 0 Å². The van der Waals surface area contributed by atoms with Crippen LogP contribution in [0.15, 0.2) is 30.3 Å². The molecular formula is C13H11Cl2N3O. The fourth-order valence-electron chi connectivity index (χ4n) is 1.47. The van der Waals surface area contributed by atoms with Gasteiger partial charge in [-0.05, 0) is 25.1 Å². The van der Waals surface area contributed by atoms with Gasteiger partial charge in [-0.3, -0.25) is 4.79 Å². The maximum Gasteiger partial charge on any atom is 0.256 e. The summed E-state index contributed by atoms with van der Waals surface area (Å²) in [6.45, 7) is 1.94. The Balaban J connectivity index is 2.24. The fourth-order valence-corrected chi connectivity index (χ4v) is 1.76. The molecule has 2 aromatic rings. The first kappa shape index (κ1) is 13.6. The predicted octanol–water partition coefficient (Wildman–Crippen LogP) is 3.53. The van der Waals surface area contributed by atoms with Gasteiger partial charge in [0.05, 0.1) is 10.7 Å². The molecule has 0 spiro atoms. The number of aryl methyl sites for hydroxylation is 1. The lowest BCUT2D eigenvalue weighted by Crippen LogP contribution is -2.14. The van der Waals surface area contributed by atoms with E-state index in [9.17, 15) is 4.79 Å². The Morgan fingerprint density at radius 3 is 2.53 bits per heavy atom. The highest BCUT2D eigenvalue weighted by molar-refractivity contribution is 6.41. The molecule has 1 amide bonds. The monoisotopic (exact) mass is 295 g/mol. The summed E-state index contributed by atoms with van der Waals surface area (Å²) < 4.78 is 0. The molecule has 3 N–H and O–H groups in total. The predicted molar refractivity (Wildman–Crippen MR) is 77.8 cm³/mol. The van der Waals surface area contributed by atoms with E-state index in [0.29, 0.717) is 5.56 Å². The first-order valence-corrected chi connectivity index (χ1v) is 6.22. The first-order valence-electron chi connectivity index (χ1n) is 5.47. The molecule has 0 aliphatic carbocycles. The topological polar surface area (TPSA) is 68.0 Å². The summed E-state index contributed by atoms with van der Waals surface area (Å²) in [6, 6.07) is 8.58. The number of halogens is 2. The lowest BCUT2D eigenvalue weighted by molar-refractivity contribution is 0.102. The second kappa shape index (κ2) is 5.47. The molecule has 0 fully saturated rings. The van der Waals surface area contributed by atoms with Gasteiger partial charge in [-0.15, -0.1) is 0 Å². The zero-order chi connectivity index (χ0) is 14.0. The van der Waals surface area contributed by atoms with Crippen molar-refractivity contribution >= 4 is 40.6 Å². The number of carbonyl (C=O) groups is 1. The third-order valence-corrected chi connectivity index (χ3v) is 3.18. The normalized spacial score (nSPS) is 10.3. The average Bonchev–Trinajstić information content (AvgIpc) is 2.36. The lowest BCUT2D eigenvalue weighted by Gasteiger charge is -2.08. The summed E-state index contributed by atoms with van der Waals surface area (Å²) in [5, 5.41) is 2.93. The largest absolute Gasteiger partial charge is 0.396 e. The van der Waals surface area contributed by atoms with Gasteiger partial charge in [0.15, 0.2) is 5.82 Å². The number of nitrogens with one attached hydrogen (secondary N) is 1. The van der Waals surface area contributed by atoms with E-state index in [4.69, 9.17) is 28.9 Å². The van der Waals surface area contributed by atoms with Crippen molar-refractivity contribution in [1.82, 2.24) is 4.98 Å². The number of benzene rings is 1. The minimum absolute atomic E-state index is 0.0927. The van der Waals surface area contributed by atoms with Crippen LogP contribution in [0.5, 0.6) is 0 Å². The van der Waals surface area contributed by atoms with Crippen LogP contribution in [-0.2, 0) is 0 Å². The minimum Gasteiger partial charge on any atom is -0.396 e. The number of rotatable bonds is 2. The fraction of sp³-hybridized carbons (Fsp3) is 0.0769. The Hall–Kier alpha value is -1.78. The summed E-state index contributed by atoms with van der Waals surface area (Å²) in [5.41, 5.74) is 7.56. The molecule has 6 heteroatoms. The second-order valence-corrected chi connectivity index (χ2v) is 4.78. The van der Waals surface area contributed by atoms with Crippen molar-refractivity contribution in [1.29, 1.82) is 0 Å². The first-order chi connectivity index (χ1) is 8.97. The van der Waals surface area contributed by atoms with Crippen LogP contribution >= 0.6 is 23.2 Å². The molecule has 0 unspecified atom stereocenters. The summed E-state index contributed by atoms with van der Waals surface area (Å²) >= 11 is 11.6. The molecule has 98 valence electrons. The van der Waals surface area contributed by atoms with E-state index >= 15 is 0 Å². The summed E-state index contributed by atoms with van der Waals surface area (Å²) in [4.78, 5) is 15.9. The highest BCUT2D eigenvalue weighted by Crippen LogP contribution is 2.27. The molecule has 0 bridgehead atoms. The summed E-state index contributed by atoms with van der Waals surface area (Å²) in [6.07, 6.45) is 0. The molecule has 0 radical (unpaired) electrons. The Kier molecular flexibility index (Phi) is 3.93. The van der Waals surface area contributed by atoms with Gasteiger partial charge in [0.2, 0.25) is 0 Å². The number of pyridine rings is 1. The number of anilines is 2. The quantitative estimate of drug-likeness (QED) is 0.833. The Morgan fingerprint density at radius 2 is 1.89 bits per heavy atom. The van der Waals surface area contributed by atoms with Gasteiger partial charge in [0, 0.05) is 5.56 Å². The van der Waals surface area contributed by atoms with Gasteiger partial charge in [0.1, 0.15) is 5.15 Å². The zero-order valence-corrected chi connectivity index (χ0v) is 11.6. The van der Waals surface area contributed by atoms with Crippen LogP contribution in [0.1, 0.15) is 15.9 Å². The number of hydrogen-bond acceptors (Lipinski definition) is 3. The maximum atomic E-state index is 12.0. The number of aromatic nitrogens is 1. The van der Waals surface area contributed by atoms with Crippen molar-refractivity contribution in [2.45, 2.75) is 6.92 Å². The van der Waals surface area contributed by atoms with Crippen LogP contribution < -0.4 is 11.1 Å². The van der Waals surface area contributed by atoms with Crippen LogP contribution in [0.2, 0.25) is 10.2 Å². The zero-order valence-electron chi connectivity index (χ0n) is 10.1. The third kappa shape index (κ3) is 3.16. The molecule has 2 rings (SSSR count). The number of nitrogens with two attached hydrogens (primary N) is 1. The molecule has 0 aliphatic rings. The van der Waals surface area contributed by atoms with Crippen molar-refractivity contribution in [2.75, 3.05) is 11.1 Å². The van der Waals surface area contributed by atoms with Gasteiger partial charge in [-0.2, -0.15) is 0 Å². The van der Waals surface area contributed by atoms with Crippen LogP contribution in [0.25, 0.3) is 0 Å². The number of carbonyl (C=O) groups excluding carboxylic acids is 1. The van der Waals surface area contributed by atoms with Crippen LogP contribution in [-0.4, -0.2) is 10.9 Å². The smallest absolute Gasteiger partial charge is 0.256 e. The highest BCUT2D eigenvalue weighted by atomic mass is 35.5. The van der Waals surface area contributed by atoms with Crippen LogP contribution in [0.3, 0.4) is 0 Å². The number of nitrogens with zero attached hydrogens (tertiary/aromatic N) is 1. The van der Waals surface area contributed by atoms with Gasteiger partial charge in [-0.25, -0.2) is 4.98 Å². The molecule has 0 atom stereocenters. The molecule has 0 saturated carbocycles. The molecular weight excluding hydrogens is 285 g/mol. The van der Waals surface area contributed by atoms with Crippen molar-refractivity contribution in [3.8, 4) is 0 Å². The third-order valence-electron chi connectivity index (χ3n) is 2.51. The summed E-state index contributed by atoms with van der Waals surface area (Å²) in [5.74, 6) is -0.113. The van der Waals surface area contributed by atoms with E-state index in [0.717, 1.165) is 5.56 Å². The number of nitrogen functional groups attached to an aromatic ring is 1. The molecule has 1 aromatic carbocycles. The maximum absolute atomic E-state index is 12.0. The summed E-state index contributed by atoms with van der Waals surface area (Å²) in [7, 11) is 0. The van der Waals surface area contributed by atoms with Gasteiger partial charge in [0.25, 0.3) is 5.91 Å². The van der Waals surface area contributed by atoms with Gasteiger partial charge >= 0.3 is 0 Å². The van der Waals surface area contributed by atoms with Gasteiger partial charge < -0.3 is 11.1 Å². The van der Waals surface area contributed by atoms with E-state index in [-0.39, 0.29) is 27.6 Å². The van der Waals surface area contributed by atoms with Crippen molar-refractivity contribution in [3.05, 3.63) is 51.6 Å². The van der Waals surface area contributed by atoms with E-state index in [1.165, 1.54) is 6.07 Å². The molecule has 4 nitrogen and oxygen atoms in total. The Bertz CT molecular complexity index is 627. The Morgan fingerprint density at radius 1 is 1.26 bits per heavy atom. The van der Waals surface area contributed by atoms with E-state index in [1.54, 1.807) is 12.1 Å². The Labute approximate surface area is 120 Å². The number of hydrogen-bond donors (Lipinski definition) is 2. The highest BCUT2D eigenvalue weighted by Gasteiger charge is 2.11. The SMILES string of the molecule is Cc1ccc(C(=O)Nc2nc(Cl)c(Cl)cc2N)cc1. The van der Waals surface area contributed by atoms with Crippen molar-refractivity contribution in [2.24, 2.45) is 0 Å². The molecule has 0 saturated heterocycles. The molecule has 0 aliphatic heterocycles. The minimum atomic E-state index is -0.308. The molecule has 1 aromatic heterocycles. The number of amides is 1. The van der Waals surface area contributed by atoms with E-state index < -0.39 is 0 Å². The molecule has 19 heavy (non-hydrogen) atoms. The van der Waals surface area contributed by atoms with Gasteiger partial charge in [-0.1, -0.05) is 40.9 Å².